The molecule has 0 aliphatic carbocycles. The van der Waals surface area contributed by atoms with Crippen molar-refractivity contribution < 1.29 is 9.84 Å². The van der Waals surface area contributed by atoms with Crippen LogP contribution in [0, 0.1) is 5.92 Å². The largest absolute Gasteiger partial charge is 0.393 e. The van der Waals surface area contributed by atoms with Gasteiger partial charge in [-0.1, -0.05) is 43.7 Å². The molecular weight excluding hydrogens is 262 g/mol. The smallest absolute Gasteiger partial charge is 0.0720 e. The Hall–Kier alpha value is -0.900. The SMILES string of the molecule is CCCC(OCc1ccccc1)C(CC(C)O)C(C)(C)N. The van der Waals surface area contributed by atoms with Crippen LogP contribution in [0.5, 0.6) is 0 Å². The van der Waals surface area contributed by atoms with Crippen molar-refractivity contribution in [3.05, 3.63) is 35.9 Å². The highest BCUT2D eigenvalue weighted by atomic mass is 16.5. The molecule has 1 aromatic rings. The van der Waals surface area contributed by atoms with Crippen LogP contribution < -0.4 is 5.73 Å². The number of ether oxygens (including phenoxy) is 1. The Labute approximate surface area is 129 Å². The summed E-state index contributed by atoms with van der Waals surface area (Å²) in [7, 11) is 0. The van der Waals surface area contributed by atoms with Crippen LogP contribution in [0.15, 0.2) is 30.3 Å². The standard InChI is InChI=1S/C18H31NO2/c1-5-9-17(16(12-14(2)20)18(3,4)19)21-13-15-10-7-6-8-11-15/h6-8,10-11,14,16-17,20H,5,9,12-13,19H2,1-4H3. The first-order valence-corrected chi connectivity index (χ1v) is 7.97. The van der Waals surface area contributed by atoms with Crippen molar-refractivity contribution in [2.45, 2.75) is 71.3 Å². The summed E-state index contributed by atoms with van der Waals surface area (Å²) in [6.07, 6.45) is 2.39. The van der Waals surface area contributed by atoms with Gasteiger partial charge in [-0.25, -0.2) is 0 Å². The number of rotatable bonds is 9. The Balaban J connectivity index is 2.76. The van der Waals surface area contributed by atoms with Crippen LogP contribution in [0.1, 0.15) is 52.5 Å². The summed E-state index contributed by atoms with van der Waals surface area (Å²) in [5.41, 5.74) is 7.14. The third kappa shape index (κ3) is 6.60. The minimum absolute atomic E-state index is 0.0739. The quantitative estimate of drug-likeness (QED) is 0.732. The van der Waals surface area contributed by atoms with Crippen LogP contribution in [0.25, 0.3) is 0 Å². The maximum atomic E-state index is 9.78. The molecule has 3 unspecified atom stereocenters. The molecule has 120 valence electrons. The average Bonchev–Trinajstić information content (AvgIpc) is 2.41. The highest BCUT2D eigenvalue weighted by molar-refractivity contribution is 5.13. The first-order valence-electron chi connectivity index (χ1n) is 7.97. The van der Waals surface area contributed by atoms with Gasteiger partial charge in [0, 0.05) is 11.5 Å². The van der Waals surface area contributed by atoms with Crippen LogP contribution in [0.2, 0.25) is 0 Å². The Bertz CT molecular complexity index is 384. The van der Waals surface area contributed by atoms with Gasteiger partial charge in [-0.3, -0.25) is 0 Å². The lowest BCUT2D eigenvalue weighted by molar-refractivity contribution is -0.0389. The van der Waals surface area contributed by atoms with E-state index in [1.165, 1.54) is 5.56 Å². The summed E-state index contributed by atoms with van der Waals surface area (Å²) >= 11 is 0. The molecule has 3 nitrogen and oxygen atoms in total. The Morgan fingerprint density at radius 3 is 2.33 bits per heavy atom. The monoisotopic (exact) mass is 293 g/mol. The predicted octanol–water partition coefficient (Wildman–Crippen LogP) is 3.50. The zero-order valence-corrected chi connectivity index (χ0v) is 13.9. The number of hydrogen-bond donors (Lipinski definition) is 2. The molecule has 21 heavy (non-hydrogen) atoms. The lowest BCUT2D eigenvalue weighted by atomic mass is 9.78. The minimum Gasteiger partial charge on any atom is -0.393 e. The zero-order valence-electron chi connectivity index (χ0n) is 13.9. The van der Waals surface area contributed by atoms with E-state index in [9.17, 15) is 5.11 Å². The third-order valence-electron chi connectivity index (χ3n) is 3.88. The highest BCUT2D eigenvalue weighted by Crippen LogP contribution is 2.28. The number of nitrogens with two attached hydrogens (primary N) is 1. The average molecular weight is 293 g/mol. The molecule has 0 bridgehead atoms. The van der Waals surface area contributed by atoms with Gasteiger partial charge in [0.05, 0.1) is 18.8 Å². The molecule has 0 saturated carbocycles. The molecule has 0 aromatic heterocycles. The van der Waals surface area contributed by atoms with E-state index in [0.717, 1.165) is 12.8 Å². The molecule has 0 aliphatic rings. The summed E-state index contributed by atoms with van der Waals surface area (Å²) in [4.78, 5) is 0. The van der Waals surface area contributed by atoms with Crippen molar-refractivity contribution in [3.63, 3.8) is 0 Å². The van der Waals surface area contributed by atoms with E-state index >= 15 is 0 Å². The number of hydrogen-bond acceptors (Lipinski definition) is 3. The summed E-state index contributed by atoms with van der Waals surface area (Å²) < 4.78 is 6.17. The molecule has 0 spiro atoms. The number of aliphatic hydroxyl groups excluding tert-OH is 1. The third-order valence-corrected chi connectivity index (χ3v) is 3.88. The van der Waals surface area contributed by atoms with Crippen molar-refractivity contribution in [1.82, 2.24) is 0 Å². The second-order valence-electron chi connectivity index (χ2n) is 6.64. The van der Waals surface area contributed by atoms with Gasteiger partial charge in [-0.2, -0.15) is 0 Å². The van der Waals surface area contributed by atoms with E-state index in [1.54, 1.807) is 0 Å². The summed E-state index contributed by atoms with van der Waals surface area (Å²) in [6, 6.07) is 10.2. The first-order chi connectivity index (χ1) is 9.84. The second kappa shape index (κ2) is 8.52. The maximum Gasteiger partial charge on any atom is 0.0720 e. The molecule has 0 heterocycles. The van der Waals surface area contributed by atoms with E-state index in [0.29, 0.717) is 13.0 Å². The molecule has 0 radical (unpaired) electrons. The maximum absolute atomic E-state index is 9.78. The molecular formula is C18H31NO2. The van der Waals surface area contributed by atoms with Crippen molar-refractivity contribution in [3.8, 4) is 0 Å². The van der Waals surface area contributed by atoms with Crippen molar-refractivity contribution >= 4 is 0 Å². The van der Waals surface area contributed by atoms with Crippen molar-refractivity contribution in [2.24, 2.45) is 11.7 Å². The highest BCUT2D eigenvalue weighted by Gasteiger charge is 2.33. The van der Waals surface area contributed by atoms with Gasteiger partial charge in [0.1, 0.15) is 0 Å². The van der Waals surface area contributed by atoms with E-state index in [2.05, 4.69) is 19.1 Å². The van der Waals surface area contributed by atoms with Gasteiger partial charge >= 0.3 is 0 Å². The van der Waals surface area contributed by atoms with Gasteiger partial charge in [0.15, 0.2) is 0 Å². The minimum atomic E-state index is -0.368. The fraction of sp³-hybridized carbons (Fsp3) is 0.667. The summed E-state index contributed by atoms with van der Waals surface area (Å²) in [5, 5.41) is 9.78. The number of aliphatic hydroxyl groups is 1. The second-order valence-corrected chi connectivity index (χ2v) is 6.64. The normalized spacial score (nSPS) is 16.5. The van der Waals surface area contributed by atoms with Gasteiger partial charge in [-0.05, 0) is 39.2 Å². The fourth-order valence-electron chi connectivity index (χ4n) is 2.76. The Morgan fingerprint density at radius 1 is 1.24 bits per heavy atom. The molecule has 3 heteroatoms. The Kier molecular flexibility index (Phi) is 7.36. The predicted molar refractivity (Wildman–Crippen MR) is 88.0 cm³/mol. The van der Waals surface area contributed by atoms with E-state index in [4.69, 9.17) is 10.5 Å². The molecule has 1 aromatic carbocycles. The summed E-state index contributed by atoms with van der Waals surface area (Å²) in [6.45, 7) is 8.61. The van der Waals surface area contributed by atoms with Crippen LogP contribution in [0.3, 0.4) is 0 Å². The summed E-state index contributed by atoms with van der Waals surface area (Å²) in [5.74, 6) is 0.140. The first kappa shape index (κ1) is 18.1. The van der Waals surface area contributed by atoms with Crippen LogP contribution >= 0.6 is 0 Å². The van der Waals surface area contributed by atoms with E-state index in [1.807, 2.05) is 39.0 Å². The van der Waals surface area contributed by atoms with E-state index < -0.39 is 0 Å². The van der Waals surface area contributed by atoms with Crippen LogP contribution in [0.4, 0.5) is 0 Å². The van der Waals surface area contributed by atoms with Crippen LogP contribution in [-0.4, -0.2) is 22.9 Å². The van der Waals surface area contributed by atoms with Crippen molar-refractivity contribution in [2.75, 3.05) is 0 Å². The van der Waals surface area contributed by atoms with Gasteiger partial charge < -0.3 is 15.6 Å². The molecule has 3 atom stereocenters. The molecule has 3 N–H and O–H groups in total. The van der Waals surface area contributed by atoms with Gasteiger partial charge in [0.25, 0.3) is 0 Å². The molecule has 0 amide bonds. The lowest BCUT2D eigenvalue weighted by Crippen LogP contribution is -2.48. The van der Waals surface area contributed by atoms with Crippen molar-refractivity contribution in [1.29, 1.82) is 0 Å². The number of benzene rings is 1. The van der Waals surface area contributed by atoms with Gasteiger partial charge in [-0.15, -0.1) is 0 Å². The fourth-order valence-corrected chi connectivity index (χ4v) is 2.76. The van der Waals surface area contributed by atoms with E-state index in [-0.39, 0.29) is 23.7 Å². The molecule has 0 fully saturated rings. The van der Waals surface area contributed by atoms with Crippen LogP contribution in [-0.2, 0) is 11.3 Å². The Morgan fingerprint density at radius 2 is 1.86 bits per heavy atom. The lowest BCUT2D eigenvalue weighted by Gasteiger charge is -2.37. The zero-order chi connectivity index (χ0) is 15.9. The topological polar surface area (TPSA) is 55.5 Å². The molecule has 0 saturated heterocycles. The van der Waals surface area contributed by atoms with Gasteiger partial charge in [0.2, 0.25) is 0 Å². The molecule has 0 aliphatic heterocycles. The molecule has 1 rings (SSSR count).